The van der Waals surface area contributed by atoms with E-state index in [2.05, 4.69) is 120 Å². The molecular weight excluding hydrogens is 536 g/mol. The van der Waals surface area contributed by atoms with Gasteiger partial charge in [0.25, 0.3) is 0 Å². The average Bonchev–Trinajstić information content (AvgIpc) is 3.09. The lowest BCUT2D eigenvalue weighted by Crippen LogP contribution is -2.44. The second-order valence-corrected chi connectivity index (χ2v) is 11.0. The summed E-state index contributed by atoms with van der Waals surface area (Å²) < 4.78 is 0. The third kappa shape index (κ3) is 5.28. The first-order chi connectivity index (χ1) is 21.7. The Kier molecular flexibility index (Phi) is 7.49. The zero-order valence-corrected chi connectivity index (χ0v) is 24.6. The Morgan fingerprint density at radius 2 is 1.25 bits per heavy atom. The molecule has 0 bridgehead atoms. The molecule has 0 aliphatic carbocycles. The number of anilines is 1. The molecule has 1 aliphatic heterocycles. The summed E-state index contributed by atoms with van der Waals surface area (Å²) in [5, 5.41) is 9.72. The van der Waals surface area contributed by atoms with E-state index in [0.717, 1.165) is 33.8 Å². The first kappa shape index (κ1) is 27.4. The first-order valence-corrected chi connectivity index (χ1v) is 15.0. The Labute approximate surface area is 258 Å². The van der Waals surface area contributed by atoms with E-state index in [1.807, 2.05) is 49.4 Å². The van der Waals surface area contributed by atoms with Crippen LogP contribution in [0.25, 0.3) is 39.1 Å². The van der Waals surface area contributed by atoms with E-state index in [1.165, 1.54) is 33.0 Å². The largest absolute Gasteiger partial charge is 0.398 e. The van der Waals surface area contributed by atoms with Crippen LogP contribution in [0.1, 0.15) is 41.5 Å². The number of nitrogens with one attached hydrogen (secondary N) is 2. The number of benzene rings is 6. The molecule has 6 aromatic carbocycles. The lowest BCUT2D eigenvalue weighted by atomic mass is 9.89. The molecule has 1 aliphatic rings. The van der Waals surface area contributed by atoms with E-state index in [9.17, 15) is 0 Å². The van der Waals surface area contributed by atoms with Gasteiger partial charge < -0.3 is 11.1 Å². The van der Waals surface area contributed by atoms with Gasteiger partial charge in [-0.2, -0.15) is 0 Å². The van der Waals surface area contributed by atoms with Gasteiger partial charge >= 0.3 is 0 Å². The molecule has 0 saturated carbocycles. The first-order valence-electron chi connectivity index (χ1n) is 15.0. The Balaban J connectivity index is 1.26. The molecule has 0 spiro atoms. The molecule has 1 heterocycles. The van der Waals surface area contributed by atoms with Gasteiger partial charge in [-0.1, -0.05) is 146 Å². The highest BCUT2D eigenvalue weighted by molar-refractivity contribution is 6.06. The average molecular weight is 571 g/mol. The van der Waals surface area contributed by atoms with Crippen molar-refractivity contribution in [3.8, 4) is 22.3 Å². The van der Waals surface area contributed by atoms with E-state index >= 15 is 0 Å². The Hall–Kier alpha value is -5.45. The smallest absolute Gasteiger partial charge is 0.131 e. The van der Waals surface area contributed by atoms with Crippen LogP contribution in [0.3, 0.4) is 0 Å². The van der Waals surface area contributed by atoms with Gasteiger partial charge in [0.1, 0.15) is 18.2 Å². The number of nitrogens with zero attached hydrogens (tertiary/aromatic N) is 1. The third-order valence-electron chi connectivity index (χ3n) is 8.27. The van der Waals surface area contributed by atoms with Crippen LogP contribution in [0.2, 0.25) is 0 Å². The van der Waals surface area contributed by atoms with Crippen molar-refractivity contribution >= 4 is 28.4 Å². The van der Waals surface area contributed by atoms with Gasteiger partial charge in [0.15, 0.2) is 0 Å². The van der Waals surface area contributed by atoms with Crippen molar-refractivity contribution in [1.82, 2.24) is 10.6 Å². The molecule has 0 aromatic heterocycles. The Morgan fingerprint density at radius 1 is 0.591 bits per heavy atom. The van der Waals surface area contributed by atoms with Gasteiger partial charge in [-0.25, -0.2) is 4.99 Å². The van der Waals surface area contributed by atoms with Crippen molar-refractivity contribution in [3.63, 3.8) is 0 Å². The van der Waals surface area contributed by atoms with Crippen molar-refractivity contribution in [2.75, 3.05) is 5.73 Å². The minimum absolute atomic E-state index is 0.0652. The Morgan fingerprint density at radius 3 is 1.98 bits per heavy atom. The molecule has 6 aromatic rings. The van der Waals surface area contributed by atoms with Gasteiger partial charge in [0, 0.05) is 16.8 Å². The summed E-state index contributed by atoms with van der Waals surface area (Å²) in [7, 11) is 0. The van der Waals surface area contributed by atoms with E-state index in [1.54, 1.807) is 0 Å². The third-order valence-corrected chi connectivity index (χ3v) is 8.27. The lowest BCUT2D eigenvalue weighted by molar-refractivity contribution is 0.409. The number of hydrogen-bond donors (Lipinski definition) is 3. The molecule has 2 unspecified atom stereocenters. The van der Waals surface area contributed by atoms with Gasteiger partial charge in [-0.3, -0.25) is 5.32 Å². The molecule has 0 radical (unpaired) electrons. The molecule has 44 heavy (non-hydrogen) atoms. The highest BCUT2D eigenvalue weighted by Crippen LogP contribution is 2.39. The number of aliphatic imine (C=N–C) groups is 1. The topological polar surface area (TPSA) is 62.4 Å². The highest BCUT2D eigenvalue weighted by atomic mass is 15.3. The zero-order valence-electron chi connectivity index (χ0n) is 24.6. The maximum atomic E-state index is 6.40. The monoisotopic (exact) mass is 570 g/mol. The molecule has 214 valence electrons. The second-order valence-electron chi connectivity index (χ2n) is 11.0. The summed E-state index contributed by atoms with van der Waals surface area (Å²) in [5.74, 6) is 0.882. The number of amidine groups is 1. The number of allylic oxidation sites excluding steroid dienone is 1. The predicted octanol–water partition coefficient (Wildman–Crippen LogP) is 9.13. The normalized spacial score (nSPS) is 16.5. The molecule has 0 saturated heterocycles. The summed E-state index contributed by atoms with van der Waals surface area (Å²) in [6.07, 6.45) is 3.87. The number of fused-ring (bicyclic) bond motifs is 1. The standard InChI is InChI=1S/C40H34N4/c1-2-12-36-34(19-11-20-37(36)41)35-26-25-31(32-17-9-10-18-33(32)35)27-21-23-30(24-22-27)40-43-38(28-13-5-3-6-14-28)42-39(44-40)29-15-7-4-8-16-29/h2-26,38,40,43H,41H2,1H3,(H,42,44)/b12-2-. The minimum Gasteiger partial charge on any atom is -0.398 e. The quantitative estimate of drug-likeness (QED) is 0.175. The van der Waals surface area contributed by atoms with Crippen molar-refractivity contribution in [2.45, 2.75) is 19.3 Å². The highest BCUT2D eigenvalue weighted by Gasteiger charge is 2.25. The number of nitrogen functional groups attached to an aromatic ring is 1. The van der Waals surface area contributed by atoms with E-state index < -0.39 is 0 Å². The zero-order chi connectivity index (χ0) is 29.9. The van der Waals surface area contributed by atoms with Crippen LogP contribution in [0.4, 0.5) is 5.69 Å². The molecule has 2 atom stereocenters. The van der Waals surface area contributed by atoms with Crippen LogP contribution in [-0.2, 0) is 0 Å². The van der Waals surface area contributed by atoms with Crippen molar-refractivity contribution in [3.05, 3.63) is 168 Å². The summed E-state index contributed by atoms with van der Waals surface area (Å²) in [5.41, 5.74) is 16.3. The minimum atomic E-state index is -0.196. The fourth-order valence-corrected chi connectivity index (χ4v) is 6.09. The number of nitrogens with two attached hydrogens (primary N) is 1. The number of rotatable bonds is 6. The second kappa shape index (κ2) is 12.0. The molecule has 7 rings (SSSR count). The van der Waals surface area contributed by atoms with E-state index in [-0.39, 0.29) is 12.3 Å². The fourth-order valence-electron chi connectivity index (χ4n) is 6.09. The fraction of sp³-hybridized carbons (Fsp3) is 0.0750. The van der Waals surface area contributed by atoms with Gasteiger partial charge in [-0.05, 0) is 57.1 Å². The predicted molar refractivity (Wildman–Crippen MR) is 185 cm³/mol. The van der Waals surface area contributed by atoms with Crippen molar-refractivity contribution in [1.29, 1.82) is 0 Å². The van der Waals surface area contributed by atoms with Gasteiger partial charge in [-0.15, -0.1) is 0 Å². The summed E-state index contributed by atoms with van der Waals surface area (Å²) in [6.45, 7) is 2.02. The van der Waals surface area contributed by atoms with Crippen molar-refractivity contribution < 1.29 is 0 Å². The van der Waals surface area contributed by atoms with Crippen LogP contribution in [0, 0.1) is 0 Å². The Bertz CT molecular complexity index is 1980. The molecule has 0 fully saturated rings. The van der Waals surface area contributed by atoms with Crippen molar-refractivity contribution in [2.24, 2.45) is 4.99 Å². The van der Waals surface area contributed by atoms with Crippen LogP contribution in [0.5, 0.6) is 0 Å². The number of hydrogen-bond acceptors (Lipinski definition) is 4. The maximum Gasteiger partial charge on any atom is 0.131 e. The molecule has 4 N–H and O–H groups in total. The molecule has 4 nitrogen and oxygen atoms in total. The lowest BCUT2D eigenvalue weighted by Gasteiger charge is -2.32. The SMILES string of the molecule is C/C=C\c1c(N)cccc1-c1ccc(-c2ccc(C3N=C(c4ccccc4)NC(c4ccccc4)N3)cc2)c2ccccc12. The summed E-state index contributed by atoms with van der Waals surface area (Å²) >= 11 is 0. The van der Waals surface area contributed by atoms with Gasteiger partial charge in [0.05, 0.1) is 0 Å². The molecular formula is C40H34N4. The van der Waals surface area contributed by atoms with E-state index in [4.69, 9.17) is 10.7 Å². The van der Waals surface area contributed by atoms with Crippen LogP contribution in [-0.4, -0.2) is 5.84 Å². The summed E-state index contributed by atoms with van der Waals surface area (Å²) in [4.78, 5) is 5.10. The van der Waals surface area contributed by atoms with E-state index in [0.29, 0.717) is 0 Å². The molecule has 0 amide bonds. The summed E-state index contributed by atoms with van der Waals surface area (Å²) in [6, 6.07) is 48.8. The van der Waals surface area contributed by atoms with Crippen LogP contribution in [0.15, 0.2) is 151 Å². The van der Waals surface area contributed by atoms with Gasteiger partial charge in [0.2, 0.25) is 0 Å². The molecule has 4 heteroatoms. The van der Waals surface area contributed by atoms with Crippen LogP contribution < -0.4 is 16.4 Å². The maximum absolute atomic E-state index is 6.40. The van der Waals surface area contributed by atoms with Crippen LogP contribution >= 0.6 is 0 Å².